The van der Waals surface area contributed by atoms with Crippen LogP contribution in [0.1, 0.15) is 32.9 Å². The minimum Gasteiger partial charge on any atom is -0.467 e. The predicted octanol–water partition coefficient (Wildman–Crippen LogP) is 3.85. The summed E-state index contributed by atoms with van der Waals surface area (Å²) < 4.78 is 7.32. The van der Waals surface area contributed by atoms with E-state index >= 15 is 0 Å². The maximum Gasteiger partial charge on any atom is 0.278 e. The molecule has 4 aromatic rings. The molecule has 0 aliphatic carbocycles. The number of carbonyl (C=O) groups excluding carboxylic acids is 1. The lowest BCUT2D eigenvalue weighted by Crippen LogP contribution is -2.30. The molecule has 6 nitrogen and oxygen atoms in total. The SMILES string of the molecule is Cc1ccc(N(Cc2ccco2)C(=O)c2cn3cc(CN)ccc3n2)cc1C. The van der Waals surface area contributed by atoms with Crippen LogP contribution in [0.15, 0.2) is 65.5 Å². The first-order valence-corrected chi connectivity index (χ1v) is 9.14. The van der Waals surface area contributed by atoms with Crippen molar-refractivity contribution in [3.05, 3.63) is 89.3 Å². The second-order valence-electron chi connectivity index (χ2n) is 6.87. The van der Waals surface area contributed by atoms with E-state index in [4.69, 9.17) is 10.2 Å². The second kappa shape index (κ2) is 7.32. The third-order valence-corrected chi connectivity index (χ3v) is 4.91. The average molecular weight is 374 g/mol. The number of rotatable bonds is 5. The van der Waals surface area contributed by atoms with Gasteiger partial charge in [0.15, 0.2) is 0 Å². The molecule has 0 atom stereocenters. The maximum atomic E-state index is 13.4. The first kappa shape index (κ1) is 18.0. The van der Waals surface area contributed by atoms with E-state index in [1.807, 2.05) is 60.0 Å². The van der Waals surface area contributed by atoms with Gasteiger partial charge < -0.3 is 14.6 Å². The van der Waals surface area contributed by atoms with E-state index in [-0.39, 0.29) is 5.91 Å². The molecule has 0 radical (unpaired) electrons. The van der Waals surface area contributed by atoms with Gasteiger partial charge >= 0.3 is 0 Å². The topological polar surface area (TPSA) is 76.8 Å². The fraction of sp³-hybridized carbons (Fsp3) is 0.182. The highest BCUT2D eigenvalue weighted by Crippen LogP contribution is 2.23. The zero-order chi connectivity index (χ0) is 19.7. The number of amides is 1. The number of benzene rings is 1. The van der Waals surface area contributed by atoms with Gasteiger partial charge in [-0.25, -0.2) is 4.98 Å². The molecule has 0 unspecified atom stereocenters. The minimum absolute atomic E-state index is 0.183. The number of nitrogens with zero attached hydrogens (tertiary/aromatic N) is 3. The van der Waals surface area contributed by atoms with Gasteiger partial charge in [-0.2, -0.15) is 0 Å². The van der Waals surface area contributed by atoms with E-state index in [0.717, 1.165) is 16.8 Å². The van der Waals surface area contributed by atoms with Gasteiger partial charge in [0.25, 0.3) is 5.91 Å². The van der Waals surface area contributed by atoms with Crippen LogP contribution in [0, 0.1) is 13.8 Å². The number of hydrogen-bond acceptors (Lipinski definition) is 4. The highest BCUT2D eigenvalue weighted by molar-refractivity contribution is 6.05. The van der Waals surface area contributed by atoms with Crippen LogP contribution in [-0.2, 0) is 13.1 Å². The van der Waals surface area contributed by atoms with Crippen molar-refractivity contribution in [3.8, 4) is 0 Å². The van der Waals surface area contributed by atoms with Crippen LogP contribution in [0.2, 0.25) is 0 Å². The molecule has 0 saturated carbocycles. The predicted molar refractivity (Wildman–Crippen MR) is 108 cm³/mol. The summed E-state index contributed by atoms with van der Waals surface area (Å²) in [4.78, 5) is 19.6. The molecule has 6 heteroatoms. The summed E-state index contributed by atoms with van der Waals surface area (Å²) in [6, 6.07) is 13.4. The Balaban J connectivity index is 1.74. The molecule has 2 N–H and O–H groups in total. The first-order chi connectivity index (χ1) is 13.5. The summed E-state index contributed by atoms with van der Waals surface area (Å²) in [6.45, 7) is 4.85. The maximum absolute atomic E-state index is 13.4. The Hall–Kier alpha value is -3.38. The highest BCUT2D eigenvalue weighted by atomic mass is 16.3. The summed E-state index contributed by atoms with van der Waals surface area (Å²) in [7, 11) is 0. The highest BCUT2D eigenvalue weighted by Gasteiger charge is 2.22. The summed E-state index contributed by atoms with van der Waals surface area (Å²) >= 11 is 0. The number of pyridine rings is 1. The van der Waals surface area contributed by atoms with Crippen molar-refractivity contribution < 1.29 is 9.21 Å². The van der Waals surface area contributed by atoms with Gasteiger partial charge in [-0.15, -0.1) is 0 Å². The number of aromatic nitrogens is 2. The summed E-state index contributed by atoms with van der Waals surface area (Å²) in [6.07, 6.45) is 5.25. The zero-order valence-corrected chi connectivity index (χ0v) is 15.9. The molecule has 0 fully saturated rings. The molecule has 1 aromatic carbocycles. The van der Waals surface area contributed by atoms with E-state index in [1.54, 1.807) is 17.4 Å². The summed E-state index contributed by atoms with van der Waals surface area (Å²) in [5.41, 5.74) is 10.9. The van der Waals surface area contributed by atoms with Crippen molar-refractivity contribution in [1.82, 2.24) is 9.38 Å². The van der Waals surface area contributed by atoms with Gasteiger partial charge in [0.2, 0.25) is 0 Å². The third kappa shape index (κ3) is 3.42. The number of aryl methyl sites for hydroxylation is 2. The number of imidazole rings is 1. The molecular formula is C22H22N4O2. The summed E-state index contributed by atoms with van der Waals surface area (Å²) in [5, 5.41) is 0. The molecule has 4 rings (SSSR count). The number of anilines is 1. The van der Waals surface area contributed by atoms with Crippen LogP contribution in [0.5, 0.6) is 0 Å². The van der Waals surface area contributed by atoms with Gasteiger partial charge in [-0.05, 0) is 60.9 Å². The normalized spacial score (nSPS) is 11.1. The van der Waals surface area contributed by atoms with Crippen molar-refractivity contribution in [3.63, 3.8) is 0 Å². The Morgan fingerprint density at radius 1 is 1.14 bits per heavy atom. The molecule has 3 heterocycles. The standard InChI is InChI=1S/C22H22N4O2/c1-15-5-7-18(10-16(15)2)26(13-19-4-3-9-28-19)22(27)20-14-25-12-17(11-23)6-8-21(25)24-20/h3-10,12,14H,11,13,23H2,1-2H3. The van der Waals surface area contributed by atoms with Gasteiger partial charge in [0.1, 0.15) is 17.1 Å². The van der Waals surface area contributed by atoms with Crippen molar-refractivity contribution in [1.29, 1.82) is 0 Å². The van der Waals surface area contributed by atoms with Crippen LogP contribution in [-0.4, -0.2) is 15.3 Å². The Bertz CT molecular complexity index is 1130. The van der Waals surface area contributed by atoms with Gasteiger partial charge in [-0.1, -0.05) is 12.1 Å². The first-order valence-electron chi connectivity index (χ1n) is 9.14. The molecule has 142 valence electrons. The van der Waals surface area contributed by atoms with Gasteiger partial charge in [0.05, 0.1) is 12.8 Å². The molecule has 0 spiro atoms. The van der Waals surface area contributed by atoms with Crippen LogP contribution < -0.4 is 10.6 Å². The van der Waals surface area contributed by atoms with Crippen molar-refractivity contribution in [2.75, 3.05) is 4.90 Å². The number of fused-ring (bicyclic) bond motifs is 1. The average Bonchev–Trinajstić information content (AvgIpc) is 3.36. The van der Waals surface area contributed by atoms with Crippen LogP contribution in [0.25, 0.3) is 5.65 Å². The number of nitrogens with two attached hydrogens (primary N) is 1. The summed E-state index contributed by atoms with van der Waals surface area (Å²) in [5.74, 6) is 0.526. The number of carbonyl (C=O) groups is 1. The Morgan fingerprint density at radius 2 is 2.00 bits per heavy atom. The molecule has 0 aliphatic rings. The quantitative estimate of drug-likeness (QED) is 0.576. The largest absolute Gasteiger partial charge is 0.467 e. The smallest absolute Gasteiger partial charge is 0.278 e. The second-order valence-corrected chi connectivity index (χ2v) is 6.87. The van der Waals surface area contributed by atoms with Gasteiger partial charge in [0, 0.05) is 24.6 Å². The lowest BCUT2D eigenvalue weighted by Gasteiger charge is -2.22. The fourth-order valence-corrected chi connectivity index (χ4v) is 3.13. The van der Waals surface area contributed by atoms with Crippen molar-refractivity contribution in [2.45, 2.75) is 26.9 Å². The minimum atomic E-state index is -0.183. The van der Waals surface area contributed by atoms with Crippen LogP contribution in [0.3, 0.4) is 0 Å². The monoisotopic (exact) mass is 374 g/mol. The van der Waals surface area contributed by atoms with E-state index in [0.29, 0.717) is 30.2 Å². The third-order valence-electron chi connectivity index (χ3n) is 4.91. The van der Waals surface area contributed by atoms with E-state index in [2.05, 4.69) is 11.9 Å². The molecule has 3 aromatic heterocycles. The molecule has 0 bridgehead atoms. The van der Waals surface area contributed by atoms with E-state index in [1.165, 1.54) is 5.56 Å². The van der Waals surface area contributed by atoms with E-state index in [9.17, 15) is 4.79 Å². The number of hydrogen-bond donors (Lipinski definition) is 1. The zero-order valence-electron chi connectivity index (χ0n) is 15.9. The molecular weight excluding hydrogens is 352 g/mol. The number of furan rings is 1. The van der Waals surface area contributed by atoms with Crippen molar-refractivity contribution >= 4 is 17.2 Å². The Kier molecular flexibility index (Phi) is 4.71. The lowest BCUT2D eigenvalue weighted by molar-refractivity contribution is 0.0979. The molecule has 0 aliphatic heterocycles. The van der Waals surface area contributed by atoms with Crippen LogP contribution in [0.4, 0.5) is 5.69 Å². The fourth-order valence-electron chi connectivity index (χ4n) is 3.13. The molecule has 28 heavy (non-hydrogen) atoms. The van der Waals surface area contributed by atoms with Gasteiger partial charge in [-0.3, -0.25) is 9.69 Å². The van der Waals surface area contributed by atoms with E-state index < -0.39 is 0 Å². The van der Waals surface area contributed by atoms with Crippen LogP contribution >= 0.6 is 0 Å². The Morgan fingerprint density at radius 3 is 2.71 bits per heavy atom. The Labute approximate surface area is 163 Å². The molecule has 1 amide bonds. The molecule has 0 saturated heterocycles. The van der Waals surface area contributed by atoms with Crippen molar-refractivity contribution in [2.24, 2.45) is 5.73 Å². The lowest BCUT2D eigenvalue weighted by atomic mass is 10.1.